The van der Waals surface area contributed by atoms with Crippen molar-refractivity contribution in [1.82, 2.24) is 4.98 Å². The molecule has 0 bridgehead atoms. The van der Waals surface area contributed by atoms with Gasteiger partial charge in [0.25, 0.3) is 0 Å². The van der Waals surface area contributed by atoms with E-state index in [1.54, 1.807) is 17.6 Å². The molecular formula is C12H13N3S. The van der Waals surface area contributed by atoms with Crippen molar-refractivity contribution in [2.45, 2.75) is 13.8 Å². The highest BCUT2D eigenvalue weighted by Crippen LogP contribution is 2.13. The van der Waals surface area contributed by atoms with Crippen LogP contribution in [0.15, 0.2) is 34.7 Å². The molecule has 0 aliphatic heterocycles. The van der Waals surface area contributed by atoms with Gasteiger partial charge in [-0.1, -0.05) is 29.8 Å². The first-order valence-corrected chi connectivity index (χ1v) is 5.90. The quantitative estimate of drug-likeness (QED) is 0.650. The predicted octanol–water partition coefficient (Wildman–Crippen LogP) is 3.21. The molecule has 1 aromatic carbocycles. The zero-order valence-corrected chi connectivity index (χ0v) is 10.1. The number of aromatic nitrogens is 1. The van der Waals surface area contributed by atoms with Gasteiger partial charge in [0, 0.05) is 5.38 Å². The van der Waals surface area contributed by atoms with Crippen LogP contribution in [-0.4, -0.2) is 11.2 Å². The van der Waals surface area contributed by atoms with Crippen molar-refractivity contribution >= 4 is 22.7 Å². The molecule has 16 heavy (non-hydrogen) atoms. The summed E-state index contributed by atoms with van der Waals surface area (Å²) < 4.78 is 0. The van der Waals surface area contributed by atoms with E-state index in [2.05, 4.69) is 34.6 Å². The molecule has 4 heteroatoms. The van der Waals surface area contributed by atoms with Crippen LogP contribution in [0.4, 0.5) is 5.13 Å². The SMILES string of the molecule is Cc1cccc(/C=N\Nc2nc(C)cs2)c1. The third kappa shape index (κ3) is 2.90. The first-order chi connectivity index (χ1) is 7.74. The van der Waals surface area contributed by atoms with E-state index in [9.17, 15) is 0 Å². The van der Waals surface area contributed by atoms with Crippen molar-refractivity contribution in [3.63, 3.8) is 0 Å². The summed E-state index contributed by atoms with van der Waals surface area (Å²) in [5, 5.41) is 6.95. The summed E-state index contributed by atoms with van der Waals surface area (Å²) in [7, 11) is 0. The van der Waals surface area contributed by atoms with Gasteiger partial charge in [-0.25, -0.2) is 4.98 Å². The number of benzene rings is 1. The summed E-state index contributed by atoms with van der Waals surface area (Å²) in [6.45, 7) is 4.03. The van der Waals surface area contributed by atoms with Gasteiger partial charge in [-0.05, 0) is 19.4 Å². The van der Waals surface area contributed by atoms with Crippen LogP contribution in [-0.2, 0) is 0 Å². The Bertz CT molecular complexity index is 502. The number of hydrazone groups is 1. The Labute approximate surface area is 98.9 Å². The lowest BCUT2D eigenvalue weighted by Gasteiger charge is -1.95. The fourth-order valence-electron chi connectivity index (χ4n) is 1.32. The van der Waals surface area contributed by atoms with Crippen molar-refractivity contribution in [3.8, 4) is 0 Å². The molecule has 0 atom stereocenters. The topological polar surface area (TPSA) is 37.3 Å². The molecule has 0 fully saturated rings. The maximum atomic E-state index is 4.25. The van der Waals surface area contributed by atoms with Crippen molar-refractivity contribution < 1.29 is 0 Å². The molecule has 82 valence electrons. The minimum Gasteiger partial charge on any atom is -0.253 e. The third-order valence-electron chi connectivity index (χ3n) is 2.03. The predicted molar refractivity (Wildman–Crippen MR) is 69.2 cm³/mol. The summed E-state index contributed by atoms with van der Waals surface area (Å²) in [6, 6.07) is 8.18. The second kappa shape index (κ2) is 4.90. The Hall–Kier alpha value is -1.68. The van der Waals surface area contributed by atoms with Crippen LogP contribution in [0.5, 0.6) is 0 Å². The average Bonchev–Trinajstić information content (AvgIpc) is 2.64. The molecule has 0 spiro atoms. The van der Waals surface area contributed by atoms with Crippen LogP contribution in [0.3, 0.4) is 0 Å². The number of hydrogen-bond donors (Lipinski definition) is 1. The zero-order valence-electron chi connectivity index (χ0n) is 9.27. The zero-order chi connectivity index (χ0) is 11.4. The van der Waals surface area contributed by atoms with Gasteiger partial charge in [-0.2, -0.15) is 5.10 Å². The Morgan fingerprint density at radius 2 is 2.25 bits per heavy atom. The molecule has 3 nitrogen and oxygen atoms in total. The fraction of sp³-hybridized carbons (Fsp3) is 0.167. The van der Waals surface area contributed by atoms with Crippen LogP contribution in [0, 0.1) is 13.8 Å². The van der Waals surface area contributed by atoms with Crippen LogP contribution < -0.4 is 5.43 Å². The van der Waals surface area contributed by atoms with Crippen LogP contribution in [0.25, 0.3) is 0 Å². The Kier molecular flexibility index (Phi) is 3.31. The first kappa shape index (κ1) is 10.8. The van der Waals surface area contributed by atoms with E-state index in [4.69, 9.17) is 0 Å². The Morgan fingerprint density at radius 1 is 1.38 bits per heavy atom. The van der Waals surface area contributed by atoms with E-state index in [1.165, 1.54) is 5.56 Å². The number of nitrogens with one attached hydrogen (secondary N) is 1. The minimum absolute atomic E-state index is 0.821. The smallest absolute Gasteiger partial charge is 0.203 e. The first-order valence-electron chi connectivity index (χ1n) is 5.02. The lowest BCUT2D eigenvalue weighted by Crippen LogP contribution is -1.90. The highest BCUT2D eigenvalue weighted by Gasteiger charge is 1.94. The molecule has 2 rings (SSSR count). The molecule has 0 saturated carbocycles. The summed E-state index contributed by atoms with van der Waals surface area (Å²) in [6.07, 6.45) is 1.80. The minimum atomic E-state index is 0.821. The van der Waals surface area contributed by atoms with Crippen LogP contribution in [0.2, 0.25) is 0 Å². The lowest BCUT2D eigenvalue weighted by atomic mass is 10.2. The molecule has 2 aromatic rings. The summed E-state index contributed by atoms with van der Waals surface area (Å²) in [4.78, 5) is 4.25. The van der Waals surface area contributed by atoms with E-state index < -0.39 is 0 Å². The van der Waals surface area contributed by atoms with E-state index >= 15 is 0 Å². The monoisotopic (exact) mass is 231 g/mol. The van der Waals surface area contributed by atoms with E-state index in [-0.39, 0.29) is 0 Å². The molecule has 0 aliphatic rings. The molecule has 0 saturated heterocycles. The maximum absolute atomic E-state index is 4.25. The molecule has 0 unspecified atom stereocenters. The van der Waals surface area contributed by atoms with Gasteiger partial charge in [0.2, 0.25) is 5.13 Å². The van der Waals surface area contributed by atoms with Crippen LogP contribution in [0.1, 0.15) is 16.8 Å². The van der Waals surface area contributed by atoms with E-state index in [0.717, 1.165) is 16.4 Å². The largest absolute Gasteiger partial charge is 0.253 e. The third-order valence-corrected chi connectivity index (χ3v) is 2.90. The van der Waals surface area contributed by atoms with Gasteiger partial charge in [0.05, 0.1) is 11.9 Å². The molecule has 0 radical (unpaired) electrons. The molecule has 1 N–H and O–H groups in total. The van der Waals surface area contributed by atoms with Crippen LogP contribution >= 0.6 is 11.3 Å². The number of hydrogen-bond acceptors (Lipinski definition) is 4. The van der Waals surface area contributed by atoms with Gasteiger partial charge in [-0.3, -0.25) is 5.43 Å². The fourth-order valence-corrected chi connectivity index (χ4v) is 1.95. The van der Waals surface area contributed by atoms with Gasteiger partial charge in [0.15, 0.2) is 0 Å². The molecular weight excluding hydrogens is 218 g/mol. The van der Waals surface area contributed by atoms with Gasteiger partial charge >= 0.3 is 0 Å². The average molecular weight is 231 g/mol. The van der Waals surface area contributed by atoms with Crippen molar-refractivity contribution in [2.24, 2.45) is 5.10 Å². The lowest BCUT2D eigenvalue weighted by molar-refractivity contribution is 1.22. The van der Waals surface area contributed by atoms with Gasteiger partial charge in [-0.15, -0.1) is 11.3 Å². The Balaban J connectivity index is 2.00. The maximum Gasteiger partial charge on any atom is 0.203 e. The molecule has 0 aliphatic carbocycles. The second-order valence-corrected chi connectivity index (χ2v) is 4.44. The molecule has 0 amide bonds. The molecule has 1 aromatic heterocycles. The van der Waals surface area contributed by atoms with Gasteiger partial charge in [0.1, 0.15) is 0 Å². The number of anilines is 1. The highest BCUT2D eigenvalue weighted by molar-refractivity contribution is 7.13. The Morgan fingerprint density at radius 3 is 2.94 bits per heavy atom. The van der Waals surface area contributed by atoms with Crippen molar-refractivity contribution in [1.29, 1.82) is 0 Å². The summed E-state index contributed by atoms with van der Waals surface area (Å²) in [5.41, 5.74) is 6.24. The standard InChI is InChI=1S/C12H13N3S/c1-9-4-3-5-11(6-9)7-13-15-12-14-10(2)8-16-12/h3-8H,1-2H3,(H,14,15)/b13-7-. The number of aryl methyl sites for hydroxylation is 2. The summed E-state index contributed by atoms with van der Waals surface area (Å²) in [5.74, 6) is 0. The molecule has 1 heterocycles. The summed E-state index contributed by atoms with van der Waals surface area (Å²) >= 11 is 1.55. The second-order valence-electron chi connectivity index (χ2n) is 3.58. The number of nitrogens with zero attached hydrogens (tertiary/aromatic N) is 2. The van der Waals surface area contributed by atoms with Crippen molar-refractivity contribution in [3.05, 3.63) is 46.5 Å². The van der Waals surface area contributed by atoms with Crippen molar-refractivity contribution in [2.75, 3.05) is 5.43 Å². The number of rotatable bonds is 3. The highest BCUT2D eigenvalue weighted by atomic mass is 32.1. The van der Waals surface area contributed by atoms with Gasteiger partial charge < -0.3 is 0 Å². The normalized spacial score (nSPS) is 10.9. The van der Waals surface area contributed by atoms with E-state index in [0.29, 0.717) is 0 Å². The number of thiazole rings is 1. The van der Waals surface area contributed by atoms with E-state index in [1.807, 2.05) is 24.4 Å².